The molecule has 8 heteroatoms. The van der Waals surface area contributed by atoms with Gasteiger partial charge in [-0.25, -0.2) is 4.79 Å². The van der Waals surface area contributed by atoms with Crippen molar-refractivity contribution < 1.29 is 24.2 Å². The molecule has 110 valence electrons. The summed E-state index contributed by atoms with van der Waals surface area (Å²) in [5.74, 6) is -1.76. The molecular formula is C12H16N2O5S. The highest BCUT2D eigenvalue weighted by molar-refractivity contribution is 7.15. The van der Waals surface area contributed by atoms with Gasteiger partial charge in [-0.2, -0.15) is 0 Å². The number of nitrogens with one attached hydrogen (secondary N) is 1. The smallest absolute Gasteiger partial charge is 0.345 e. The maximum atomic E-state index is 12.0. The maximum absolute atomic E-state index is 12.0. The Morgan fingerprint density at radius 3 is 2.55 bits per heavy atom. The van der Waals surface area contributed by atoms with Crippen molar-refractivity contribution in [2.24, 2.45) is 0 Å². The topological polar surface area (TPSA) is 95.9 Å². The van der Waals surface area contributed by atoms with E-state index in [9.17, 15) is 14.4 Å². The Morgan fingerprint density at radius 1 is 1.35 bits per heavy atom. The van der Waals surface area contributed by atoms with E-state index in [4.69, 9.17) is 9.84 Å². The molecule has 0 aliphatic carbocycles. The van der Waals surface area contributed by atoms with Gasteiger partial charge in [-0.05, 0) is 12.1 Å². The summed E-state index contributed by atoms with van der Waals surface area (Å²) in [4.78, 5) is 35.9. The van der Waals surface area contributed by atoms with E-state index in [0.717, 1.165) is 11.3 Å². The number of hydrogen-bond donors (Lipinski definition) is 2. The molecule has 0 fully saturated rings. The minimum atomic E-state index is -1.07. The lowest BCUT2D eigenvalue weighted by Gasteiger charge is -2.15. The maximum Gasteiger partial charge on any atom is 0.345 e. The predicted molar refractivity (Wildman–Crippen MR) is 73.1 cm³/mol. The molecule has 0 aliphatic heterocycles. The molecule has 0 spiro atoms. The van der Waals surface area contributed by atoms with Crippen LogP contribution in [-0.2, 0) is 9.53 Å². The summed E-state index contributed by atoms with van der Waals surface area (Å²) in [6, 6.07) is 2.81. The first kappa shape index (κ1) is 16.1. The van der Waals surface area contributed by atoms with Crippen molar-refractivity contribution in [1.82, 2.24) is 10.2 Å². The van der Waals surface area contributed by atoms with E-state index in [-0.39, 0.29) is 28.1 Å². The van der Waals surface area contributed by atoms with Crippen LogP contribution < -0.4 is 5.32 Å². The highest BCUT2D eigenvalue weighted by atomic mass is 32.1. The van der Waals surface area contributed by atoms with E-state index in [1.807, 2.05) is 0 Å². The van der Waals surface area contributed by atoms with Gasteiger partial charge in [0.15, 0.2) is 0 Å². The fraction of sp³-hybridized carbons (Fsp3) is 0.417. The van der Waals surface area contributed by atoms with Gasteiger partial charge in [0.25, 0.3) is 5.91 Å². The van der Waals surface area contributed by atoms with E-state index >= 15 is 0 Å². The summed E-state index contributed by atoms with van der Waals surface area (Å²) in [5.41, 5.74) is 0. The number of ether oxygens (including phenoxy) is 1. The van der Waals surface area contributed by atoms with Crippen LogP contribution in [0.4, 0.5) is 0 Å². The van der Waals surface area contributed by atoms with Gasteiger partial charge in [0, 0.05) is 20.7 Å². The number of aromatic carboxylic acids is 1. The van der Waals surface area contributed by atoms with Crippen LogP contribution in [-0.4, -0.2) is 61.6 Å². The van der Waals surface area contributed by atoms with E-state index in [0.29, 0.717) is 13.2 Å². The van der Waals surface area contributed by atoms with Crippen LogP contribution in [0.5, 0.6) is 0 Å². The van der Waals surface area contributed by atoms with Gasteiger partial charge in [0.1, 0.15) is 4.88 Å². The SMILES string of the molecule is COCCNC(=O)CN(C)C(=O)c1ccc(C(=O)O)s1. The monoisotopic (exact) mass is 300 g/mol. The Labute approximate surface area is 120 Å². The zero-order valence-corrected chi connectivity index (χ0v) is 12.0. The summed E-state index contributed by atoms with van der Waals surface area (Å²) >= 11 is 0.884. The van der Waals surface area contributed by atoms with Crippen molar-refractivity contribution in [3.8, 4) is 0 Å². The van der Waals surface area contributed by atoms with Gasteiger partial charge in [0.05, 0.1) is 18.0 Å². The van der Waals surface area contributed by atoms with Crippen molar-refractivity contribution in [2.45, 2.75) is 0 Å². The molecule has 1 rings (SSSR count). The summed E-state index contributed by atoms with van der Waals surface area (Å²) < 4.78 is 4.79. The third-order valence-corrected chi connectivity index (χ3v) is 3.44. The number of carbonyl (C=O) groups is 3. The van der Waals surface area contributed by atoms with E-state index < -0.39 is 5.97 Å². The van der Waals surface area contributed by atoms with Crippen molar-refractivity contribution in [3.63, 3.8) is 0 Å². The zero-order chi connectivity index (χ0) is 15.1. The molecule has 1 aromatic heterocycles. The van der Waals surface area contributed by atoms with Gasteiger partial charge in [-0.1, -0.05) is 0 Å². The lowest BCUT2D eigenvalue weighted by Crippen LogP contribution is -2.39. The van der Waals surface area contributed by atoms with E-state index in [1.54, 1.807) is 0 Å². The Kier molecular flexibility index (Phi) is 6.13. The van der Waals surface area contributed by atoms with E-state index in [2.05, 4.69) is 5.32 Å². The largest absolute Gasteiger partial charge is 0.477 e. The van der Waals surface area contributed by atoms with Crippen LogP contribution in [0, 0.1) is 0 Å². The number of amides is 2. The van der Waals surface area contributed by atoms with Crippen molar-refractivity contribution in [3.05, 3.63) is 21.9 Å². The van der Waals surface area contributed by atoms with Crippen LogP contribution in [0.15, 0.2) is 12.1 Å². The summed E-state index contributed by atoms with van der Waals surface area (Å²) in [7, 11) is 3.01. The number of carbonyl (C=O) groups excluding carboxylic acids is 2. The summed E-state index contributed by atoms with van der Waals surface area (Å²) in [6.45, 7) is 0.679. The fourth-order valence-corrected chi connectivity index (χ4v) is 2.23. The normalized spacial score (nSPS) is 10.1. The third-order valence-electron chi connectivity index (χ3n) is 2.38. The number of carboxylic acid groups (broad SMARTS) is 1. The Morgan fingerprint density at radius 2 is 2.00 bits per heavy atom. The first-order valence-corrected chi connectivity index (χ1v) is 6.61. The summed E-state index contributed by atoms with van der Waals surface area (Å²) in [5, 5.41) is 11.4. The molecule has 7 nitrogen and oxygen atoms in total. The standard InChI is InChI=1S/C12H16N2O5S/c1-14(7-10(15)13-5-6-19-2)11(16)8-3-4-9(20-8)12(17)18/h3-4H,5-7H2,1-2H3,(H,13,15)(H,17,18). The highest BCUT2D eigenvalue weighted by Gasteiger charge is 2.18. The number of carboxylic acids is 1. The first-order chi connectivity index (χ1) is 9.45. The predicted octanol–water partition coefficient (Wildman–Crippen LogP) is 0.281. The molecule has 20 heavy (non-hydrogen) atoms. The number of rotatable bonds is 7. The average Bonchev–Trinajstić information content (AvgIpc) is 2.87. The van der Waals surface area contributed by atoms with Crippen molar-refractivity contribution >= 4 is 29.1 Å². The Hall–Kier alpha value is -1.93. The van der Waals surface area contributed by atoms with Gasteiger partial charge in [0.2, 0.25) is 5.91 Å². The number of thiophene rings is 1. The second-order valence-corrected chi connectivity index (χ2v) is 5.06. The Bertz CT molecular complexity index is 500. The molecule has 0 radical (unpaired) electrons. The molecule has 1 aromatic rings. The second-order valence-electron chi connectivity index (χ2n) is 3.97. The lowest BCUT2D eigenvalue weighted by atomic mass is 10.3. The molecule has 0 saturated carbocycles. The highest BCUT2D eigenvalue weighted by Crippen LogP contribution is 2.17. The second kappa shape index (κ2) is 7.61. The first-order valence-electron chi connectivity index (χ1n) is 5.80. The van der Waals surface area contributed by atoms with Crippen LogP contribution in [0.2, 0.25) is 0 Å². The molecule has 0 atom stereocenters. The van der Waals surface area contributed by atoms with Gasteiger partial charge < -0.3 is 20.1 Å². The molecule has 0 unspecified atom stereocenters. The number of hydrogen-bond acceptors (Lipinski definition) is 5. The number of methoxy groups -OCH3 is 1. The van der Waals surface area contributed by atoms with Crippen LogP contribution in [0.25, 0.3) is 0 Å². The molecule has 0 bridgehead atoms. The molecule has 0 aromatic carbocycles. The van der Waals surface area contributed by atoms with Crippen LogP contribution >= 0.6 is 11.3 Å². The van der Waals surface area contributed by atoms with Gasteiger partial charge in [-0.3, -0.25) is 9.59 Å². The molecule has 0 saturated heterocycles. The molecule has 2 N–H and O–H groups in total. The quantitative estimate of drug-likeness (QED) is 0.705. The third kappa shape index (κ3) is 4.63. The molecular weight excluding hydrogens is 284 g/mol. The molecule has 0 aliphatic rings. The van der Waals surface area contributed by atoms with Crippen molar-refractivity contribution in [1.29, 1.82) is 0 Å². The number of likely N-dealkylation sites (N-methyl/N-ethyl adjacent to an activating group) is 1. The minimum Gasteiger partial charge on any atom is -0.477 e. The fourth-order valence-electron chi connectivity index (χ4n) is 1.39. The van der Waals surface area contributed by atoms with Gasteiger partial charge >= 0.3 is 5.97 Å². The van der Waals surface area contributed by atoms with Gasteiger partial charge in [-0.15, -0.1) is 11.3 Å². The number of nitrogens with zero attached hydrogens (tertiary/aromatic N) is 1. The Balaban J connectivity index is 2.53. The van der Waals surface area contributed by atoms with Crippen LogP contribution in [0.1, 0.15) is 19.3 Å². The lowest BCUT2D eigenvalue weighted by molar-refractivity contribution is -0.121. The zero-order valence-electron chi connectivity index (χ0n) is 11.2. The summed E-state index contributed by atoms with van der Waals surface area (Å²) in [6.07, 6.45) is 0. The molecule has 1 heterocycles. The average molecular weight is 300 g/mol. The van der Waals surface area contributed by atoms with Crippen molar-refractivity contribution in [2.75, 3.05) is 33.9 Å². The van der Waals surface area contributed by atoms with E-state index in [1.165, 1.54) is 31.2 Å². The van der Waals surface area contributed by atoms with Crippen LogP contribution in [0.3, 0.4) is 0 Å². The minimum absolute atomic E-state index is 0.0892. The molecule has 2 amide bonds.